The number of hydrogen-bond acceptors (Lipinski definition) is 4. The largest absolute Gasteiger partial charge is 0.454 e. The Hall–Kier alpha value is -3.28. The van der Waals surface area contributed by atoms with E-state index in [-0.39, 0.29) is 24.8 Å². The van der Waals surface area contributed by atoms with Crippen molar-refractivity contribution in [1.29, 1.82) is 0 Å². The Bertz CT molecular complexity index is 1170. The van der Waals surface area contributed by atoms with E-state index in [1.165, 1.54) is 0 Å². The lowest BCUT2D eigenvalue weighted by atomic mass is 10.0. The number of hydrogen-bond donors (Lipinski definition) is 1. The van der Waals surface area contributed by atoms with Crippen molar-refractivity contribution in [3.8, 4) is 11.5 Å². The lowest BCUT2D eigenvalue weighted by molar-refractivity contribution is -0.132. The fourth-order valence-corrected chi connectivity index (χ4v) is 3.92. The van der Waals surface area contributed by atoms with E-state index in [1.54, 1.807) is 4.90 Å². The van der Waals surface area contributed by atoms with Crippen molar-refractivity contribution in [1.82, 2.24) is 9.88 Å². The van der Waals surface area contributed by atoms with Crippen LogP contribution in [0.3, 0.4) is 0 Å². The number of H-pyrrole nitrogens is 1. The van der Waals surface area contributed by atoms with Crippen LogP contribution in [-0.2, 0) is 17.9 Å². The van der Waals surface area contributed by atoms with Crippen LogP contribution in [0.2, 0.25) is 0 Å². The van der Waals surface area contributed by atoms with Crippen LogP contribution in [0.4, 0.5) is 0 Å². The number of fused-ring (bicyclic) bond motifs is 2. The average molecular weight is 406 g/mol. The van der Waals surface area contributed by atoms with Crippen LogP contribution in [-0.4, -0.2) is 22.6 Å². The third kappa shape index (κ3) is 4.03. The summed E-state index contributed by atoms with van der Waals surface area (Å²) in [6.07, 6.45) is 1.19. The molecule has 156 valence electrons. The zero-order valence-electron chi connectivity index (χ0n) is 17.6. The number of rotatable bonds is 6. The van der Waals surface area contributed by atoms with Gasteiger partial charge in [0.1, 0.15) is 0 Å². The molecule has 30 heavy (non-hydrogen) atoms. The molecule has 1 aliphatic heterocycles. The molecular formula is C24H26N2O4. The first-order chi connectivity index (χ1) is 14.4. The summed E-state index contributed by atoms with van der Waals surface area (Å²) in [5.74, 6) is 1.42. The number of nitrogens with one attached hydrogen (secondary N) is 1. The quantitative estimate of drug-likeness (QED) is 0.666. The van der Waals surface area contributed by atoms with Gasteiger partial charge in [-0.1, -0.05) is 24.6 Å². The molecule has 0 unspecified atom stereocenters. The van der Waals surface area contributed by atoms with E-state index in [4.69, 9.17) is 9.47 Å². The Morgan fingerprint density at radius 3 is 2.67 bits per heavy atom. The first-order valence-corrected chi connectivity index (χ1v) is 10.2. The smallest absolute Gasteiger partial charge is 0.253 e. The van der Waals surface area contributed by atoms with Gasteiger partial charge in [0.2, 0.25) is 12.7 Å². The minimum Gasteiger partial charge on any atom is -0.454 e. The predicted octanol–water partition coefficient (Wildman–Crippen LogP) is 4.20. The highest BCUT2D eigenvalue weighted by Crippen LogP contribution is 2.33. The van der Waals surface area contributed by atoms with Crippen LogP contribution in [0.5, 0.6) is 11.5 Å². The predicted molar refractivity (Wildman–Crippen MR) is 116 cm³/mol. The topological polar surface area (TPSA) is 71.6 Å². The first kappa shape index (κ1) is 20.0. The van der Waals surface area contributed by atoms with Crippen molar-refractivity contribution in [3.05, 3.63) is 69.0 Å². The molecule has 1 N–H and O–H groups in total. The maximum absolute atomic E-state index is 12.8. The van der Waals surface area contributed by atoms with Crippen molar-refractivity contribution in [2.24, 2.45) is 0 Å². The number of benzene rings is 2. The zero-order chi connectivity index (χ0) is 21.3. The minimum atomic E-state index is -0.158. The van der Waals surface area contributed by atoms with Crippen LogP contribution >= 0.6 is 0 Å². The van der Waals surface area contributed by atoms with Gasteiger partial charge in [0.25, 0.3) is 5.56 Å². The number of aromatic nitrogens is 1. The first-order valence-electron chi connectivity index (χ1n) is 10.2. The molecule has 1 aromatic heterocycles. The number of nitrogens with zero attached hydrogens (tertiary/aromatic N) is 1. The third-order valence-electron chi connectivity index (χ3n) is 5.36. The number of aryl methyl sites for hydroxylation is 2. The van der Waals surface area contributed by atoms with Gasteiger partial charge >= 0.3 is 0 Å². The lowest BCUT2D eigenvalue weighted by Crippen LogP contribution is -2.32. The number of carbonyl (C=O) groups excluding carboxylic acids is 1. The van der Waals surface area contributed by atoms with Crippen molar-refractivity contribution in [3.63, 3.8) is 0 Å². The molecule has 6 nitrogen and oxygen atoms in total. The molecule has 6 heteroatoms. The molecule has 0 saturated heterocycles. The van der Waals surface area contributed by atoms with E-state index in [9.17, 15) is 9.59 Å². The Kier molecular flexibility index (Phi) is 5.48. The van der Waals surface area contributed by atoms with Gasteiger partial charge in [0, 0.05) is 18.5 Å². The van der Waals surface area contributed by atoms with E-state index in [2.05, 4.69) is 17.1 Å². The molecule has 0 aliphatic carbocycles. The van der Waals surface area contributed by atoms with Gasteiger partial charge < -0.3 is 19.4 Å². The van der Waals surface area contributed by atoms with Gasteiger partial charge in [0.05, 0.1) is 12.1 Å². The molecule has 0 fully saturated rings. The zero-order valence-corrected chi connectivity index (χ0v) is 17.6. The highest BCUT2D eigenvalue weighted by atomic mass is 16.7. The summed E-state index contributed by atoms with van der Waals surface area (Å²) in [5.41, 5.74) is 4.38. The van der Waals surface area contributed by atoms with E-state index in [0.717, 1.165) is 34.0 Å². The SMILES string of the molecule is CCCC(=O)N(Cc1ccc2c(c1)OCO2)Cc1cc2cc(C)cc(C)c2[nH]c1=O. The van der Waals surface area contributed by atoms with Crippen LogP contribution in [0.1, 0.15) is 42.0 Å². The number of pyridine rings is 1. The van der Waals surface area contributed by atoms with E-state index in [1.807, 2.05) is 45.0 Å². The maximum atomic E-state index is 12.8. The van der Waals surface area contributed by atoms with Crippen molar-refractivity contribution in [2.75, 3.05) is 6.79 Å². The van der Waals surface area contributed by atoms with E-state index < -0.39 is 0 Å². The molecule has 0 spiro atoms. The molecule has 2 aromatic carbocycles. The summed E-state index contributed by atoms with van der Waals surface area (Å²) in [4.78, 5) is 30.3. The van der Waals surface area contributed by atoms with Gasteiger partial charge in [-0.25, -0.2) is 0 Å². The lowest BCUT2D eigenvalue weighted by Gasteiger charge is -2.23. The van der Waals surface area contributed by atoms with Gasteiger partial charge in [-0.05, 0) is 61.0 Å². The van der Waals surface area contributed by atoms with Crippen LogP contribution in [0.15, 0.2) is 41.2 Å². The summed E-state index contributed by atoms with van der Waals surface area (Å²) in [5, 5.41) is 0.980. The fourth-order valence-electron chi connectivity index (χ4n) is 3.92. The Labute approximate surface area is 175 Å². The van der Waals surface area contributed by atoms with Gasteiger partial charge in [-0.15, -0.1) is 0 Å². The summed E-state index contributed by atoms with van der Waals surface area (Å²) in [6.45, 7) is 6.87. The Balaban J connectivity index is 1.66. The number of aromatic amines is 1. The molecule has 0 radical (unpaired) electrons. The molecule has 1 aliphatic rings. The van der Waals surface area contributed by atoms with Gasteiger partial charge in [-0.3, -0.25) is 9.59 Å². The Morgan fingerprint density at radius 1 is 1.07 bits per heavy atom. The van der Waals surface area contributed by atoms with Crippen molar-refractivity contribution < 1.29 is 14.3 Å². The molecular weight excluding hydrogens is 380 g/mol. The molecule has 0 bridgehead atoms. The number of amides is 1. The number of ether oxygens (including phenoxy) is 2. The minimum absolute atomic E-state index is 0.0232. The van der Waals surface area contributed by atoms with E-state index >= 15 is 0 Å². The summed E-state index contributed by atoms with van der Waals surface area (Å²) in [6, 6.07) is 11.7. The van der Waals surface area contributed by atoms with Crippen LogP contribution in [0, 0.1) is 13.8 Å². The molecule has 1 amide bonds. The van der Waals surface area contributed by atoms with Crippen LogP contribution in [0.25, 0.3) is 10.9 Å². The second kappa shape index (κ2) is 8.22. The highest BCUT2D eigenvalue weighted by Gasteiger charge is 2.19. The molecule has 0 atom stereocenters. The second-order valence-corrected chi connectivity index (χ2v) is 7.86. The second-order valence-electron chi connectivity index (χ2n) is 7.86. The molecule has 4 rings (SSSR count). The van der Waals surface area contributed by atoms with E-state index in [0.29, 0.717) is 30.0 Å². The van der Waals surface area contributed by atoms with Gasteiger partial charge in [-0.2, -0.15) is 0 Å². The van der Waals surface area contributed by atoms with Gasteiger partial charge in [0.15, 0.2) is 11.5 Å². The van der Waals surface area contributed by atoms with Crippen molar-refractivity contribution in [2.45, 2.75) is 46.7 Å². The number of carbonyl (C=O) groups is 1. The molecule has 2 heterocycles. The summed E-state index contributed by atoms with van der Waals surface area (Å²) in [7, 11) is 0. The summed E-state index contributed by atoms with van der Waals surface area (Å²) >= 11 is 0. The highest BCUT2D eigenvalue weighted by molar-refractivity contribution is 5.83. The molecule has 0 saturated carbocycles. The third-order valence-corrected chi connectivity index (χ3v) is 5.36. The Morgan fingerprint density at radius 2 is 1.87 bits per heavy atom. The average Bonchev–Trinajstić information content (AvgIpc) is 3.16. The maximum Gasteiger partial charge on any atom is 0.253 e. The van der Waals surface area contributed by atoms with Crippen LogP contribution < -0.4 is 15.0 Å². The normalized spacial score (nSPS) is 12.4. The van der Waals surface area contributed by atoms with Crippen molar-refractivity contribution >= 4 is 16.8 Å². The molecule has 3 aromatic rings. The fraction of sp³-hybridized carbons (Fsp3) is 0.333. The summed E-state index contributed by atoms with van der Waals surface area (Å²) < 4.78 is 10.8. The standard InChI is InChI=1S/C24H26N2O4/c1-4-5-22(27)26(12-17-6-7-20-21(10-17)30-14-29-20)13-19-11-18-9-15(2)8-16(3)23(18)25-24(19)28/h6-11H,4-5,12-14H2,1-3H3,(H,25,28). The monoisotopic (exact) mass is 406 g/mol.